The maximum absolute atomic E-state index is 14.8. The molecule has 2 aromatic carbocycles. The van der Waals surface area contributed by atoms with Crippen molar-refractivity contribution in [1.82, 2.24) is 30.2 Å². The number of carbonyl (C=O) groups excluding carboxylic acids is 2. The van der Waals surface area contributed by atoms with Gasteiger partial charge in [0.25, 0.3) is 0 Å². The van der Waals surface area contributed by atoms with E-state index in [-0.39, 0.29) is 45.3 Å². The zero-order valence-electron chi connectivity index (χ0n) is 34.5. The van der Waals surface area contributed by atoms with Crippen LogP contribution >= 0.6 is 0 Å². The van der Waals surface area contributed by atoms with Crippen LogP contribution in [-0.4, -0.2) is 79.4 Å². The van der Waals surface area contributed by atoms with Crippen molar-refractivity contribution in [3.8, 4) is 11.8 Å². The van der Waals surface area contributed by atoms with Gasteiger partial charge in [0.15, 0.2) is 19.8 Å². The summed E-state index contributed by atoms with van der Waals surface area (Å²) in [5, 5.41) is 32.0. The highest BCUT2D eigenvalue weighted by atomic mass is 32.2. The molecule has 4 heterocycles. The first kappa shape index (κ1) is 42.3. The van der Waals surface area contributed by atoms with Gasteiger partial charge in [0.1, 0.15) is 34.6 Å². The smallest absolute Gasteiger partial charge is 0.354 e. The molecule has 0 spiro atoms. The Morgan fingerprint density at radius 2 is 0.952 bits per heavy atom. The van der Waals surface area contributed by atoms with Gasteiger partial charge < -0.3 is 30.7 Å². The molecule has 2 aromatic heterocycles. The zero-order valence-corrected chi connectivity index (χ0v) is 36.1. The molecule has 2 unspecified atom stereocenters. The molecule has 332 valence electrons. The Balaban J connectivity index is 0.000000158. The van der Waals surface area contributed by atoms with Gasteiger partial charge in [-0.25, -0.2) is 46.4 Å². The van der Waals surface area contributed by atoms with Crippen molar-refractivity contribution < 1.29 is 36.3 Å². The number of nitrogens with one attached hydrogen (secondary N) is 4. The van der Waals surface area contributed by atoms with E-state index in [0.29, 0.717) is 111 Å². The quantitative estimate of drug-likeness (QED) is 0.163. The summed E-state index contributed by atoms with van der Waals surface area (Å²) in [6.07, 6.45) is 11.5. The van der Waals surface area contributed by atoms with Gasteiger partial charge in [-0.2, -0.15) is 10.2 Å². The second-order valence-corrected chi connectivity index (χ2v) is 19.9. The number of hydrogen-bond acceptors (Lipinski definition) is 10. The Morgan fingerprint density at radius 3 is 1.27 bits per heavy atom. The van der Waals surface area contributed by atoms with E-state index in [2.05, 4.69) is 40.2 Å². The Labute approximate surface area is 357 Å². The fourth-order valence-corrected chi connectivity index (χ4v) is 11.6. The molecule has 18 nitrogen and oxygen atoms in total. The molecule has 8 N–H and O–H groups in total. The number of nitrogens with two attached hydrogens (primary N) is 2. The summed E-state index contributed by atoms with van der Waals surface area (Å²) in [4.78, 5) is 25.7. The monoisotopic (exact) mass is 896 g/mol. The lowest BCUT2D eigenvalue weighted by Crippen LogP contribution is -2.40. The van der Waals surface area contributed by atoms with Crippen LogP contribution in [-0.2, 0) is 84.3 Å². The third-order valence-corrected chi connectivity index (χ3v) is 15.3. The molecule has 62 heavy (non-hydrogen) atoms. The normalized spacial score (nSPS) is 20.9. The summed E-state index contributed by atoms with van der Waals surface area (Å²) in [7, 11) is -3.52. The molecular formula is C40H50F2N12O6S2. The first-order valence-corrected chi connectivity index (χ1v) is 24.1. The number of likely N-dealkylation sites (N-methyl/N-ethyl adjacent to an activating group) is 2. The predicted molar refractivity (Wildman–Crippen MR) is 226 cm³/mol. The fourth-order valence-electron chi connectivity index (χ4n) is 9.58. The second-order valence-electron chi connectivity index (χ2n) is 16.4. The highest BCUT2D eigenvalue weighted by molar-refractivity contribution is 7.92. The number of halogens is 2. The standard InChI is InChI=1S/2C20H25FN6O3S/c2*1-23-11-9-27-19(30-10-11)16(8-24-27)31(22,29)26-20(28)25-18-14-6-2-4-12(14)17(21)13-5-3-7-15(13)18/h2*8,11,23H,2-7,9-10H2,1H3,(H3,22,25,26,28,29)/t2*11-,31?/m00/s1. The molecule has 0 radical (unpaired) electrons. The van der Waals surface area contributed by atoms with Crippen LogP contribution in [0.2, 0.25) is 0 Å². The largest absolute Gasteiger partial charge is 0.475 e. The Bertz CT molecular complexity index is 2520. The van der Waals surface area contributed by atoms with E-state index in [0.717, 1.165) is 47.9 Å². The fraction of sp³-hybridized carbons (Fsp3) is 0.500. The number of urea groups is 2. The predicted octanol–water partition coefficient (Wildman–Crippen LogP) is 3.83. The van der Waals surface area contributed by atoms with Crippen molar-refractivity contribution in [2.45, 2.75) is 112 Å². The van der Waals surface area contributed by atoms with Crippen LogP contribution in [0.25, 0.3) is 0 Å². The molecule has 4 amide bonds. The minimum atomic E-state index is -3.58. The Hall–Kier alpha value is -5.00. The van der Waals surface area contributed by atoms with Gasteiger partial charge in [0.05, 0.1) is 37.6 Å². The molecule has 10 rings (SSSR count). The maximum atomic E-state index is 14.8. The summed E-state index contributed by atoms with van der Waals surface area (Å²) >= 11 is 0. The van der Waals surface area contributed by atoms with Gasteiger partial charge in [0.2, 0.25) is 11.8 Å². The lowest BCUT2D eigenvalue weighted by atomic mass is 9.98. The third kappa shape index (κ3) is 7.63. The van der Waals surface area contributed by atoms with Gasteiger partial charge >= 0.3 is 12.1 Å². The number of nitrogens with zero attached hydrogens (tertiary/aromatic N) is 6. The number of aromatic nitrogens is 4. The number of fused-ring (bicyclic) bond motifs is 6. The summed E-state index contributed by atoms with van der Waals surface area (Å²) in [5.41, 5.74) is 7.29. The van der Waals surface area contributed by atoms with Crippen molar-refractivity contribution in [1.29, 1.82) is 0 Å². The van der Waals surface area contributed by atoms with E-state index in [1.54, 1.807) is 9.36 Å². The van der Waals surface area contributed by atoms with Crippen molar-refractivity contribution >= 4 is 43.3 Å². The molecule has 22 heteroatoms. The zero-order chi connectivity index (χ0) is 43.5. The number of rotatable bonds is 6. The third-order valence-electron chi connectivity index (χ3n) is 12.6. The van der Waals surface area contributed by atoms with Gasteiger partial charge in [-0.1, -0.05) is 0 Å². The van der Waals surface area contributed by atoms with Crippen LogP contribution in [0, 0.1) is 11.6 Å². The Morgan fingerprint density at radius 1 is 0.629 bits per heavy atom. The highest BCUT2D eigenvalue weighted by Crippen LogP contribution is 2.43. The number of amides is 4. The lowest BCUT2D eigenvalue weighted by molar-refractivity contribution is 0.184. The molecule has 0 saturated heterocycles. The average Bonchev–Trinajstić information content (AvgIpc) is 4.10. The molecule has 4 aromatic rings. The van der Waals surface area contributed by atoms with Crippen LogP contribution in [0.5, 0.6) is 11.8 Å². The van der Waals surface area contributed by atoms with Crippen molar-refractivity contribution in [3.05, 3.63) is 68.5 Å². The molecule has 2 aliphatic heterocycles. The molecule has 0 bridgehead atoms. The molecule has 4 atom stereocenters. The molecule has 0 fully saturated rings. The average molecular weight is 897 g/mol. The number of anilines is 2. The van der Waals surface area contributed by atoms with E-state index in [9.17, 15) is 26.8 Å². The summed E-state index contributed by atoms with van der Waals surface area (Å²) in [5.74, 6) is 0.278. The Kier molecular flexibility index (Phi) is 11.3. The summed E-state index contributed by atoms with van der Waals surface area (Å²) < 4.78 is 77.9. The minimum Gasteiger partial charge on any atom is -0.475 e. The maximum Gasteiger partial charge on any atom is 0.354 e. The molecular weight excluding hydrogens is 847 g/mol. The van der Waals surface area contributed by atoms with Crippen LogP contribution in [0.4, 0.5) is 29.7 Å². The van der Waals surface area contributed by atoms with E-state index in [1.807, 2.05) is 14.1 Å². The van der Waals surface area contributed by atoms with Crippen LogP contribution < -0.4 is 41.0 Å². The highest BCUT2D eigenvalue weighted by Gasteiger charge is 2.33. The van der Waals surface area contributed by atoms with Crippen molar-refractivity contribution in [2.75, 3.05) is 37.9 Å². The molecule has 6 aliphatic rings. The van der Waals surface area contributed by atoms with Gasteiger partial charge in [-0.15, -0.1) is 8.73 Å². The van der Waals surface area contributed by atoms with Crippen LogP contribution in [0.3, 0.4) is 0 Å². The van der Waals surface area contributed by atoms with Gasteiger partial charge in [-0.3, -0.25) is 0 Å². The van der Waals surface area contributed by atoms with Crippen molar-refractivity contribution in [2.24, 2.45) is 19.0 Å². The molecule has 0 saturated carbocycles. The van der Waals surface area contributed by atoms with E-state index in [1.165, 1.54) is 12.4 Å². The summed E-state index contributed by atoms with van der Waals surface area (Å²) in [6.45, 7) is 1.79. The first-order valence-electron chi connectivity index (χ1n) is 20.9. The number of ether oxygens (including phenoxy) is 2. The topological polar surface area (TPSA) is 247 Å². The minimum absolute atomic E-state index is 0.0666. The van der Waals surface area contributed by atoms with Crippen molar-refractivity contribution in [3.63, 3.8) is 0 Å². The number of benzene rings is 2. The van der Waals surface area contributed by atoms with Crippen LogP contribution in [0.1, 0.15) is 70.2 Å². The first-order chi connectivity index (χ1) is 29.8. The second kappa shape index (κ2) is 16.6. The van der Waals surface area contributed by atoms with Crippen LogP contribution in [0.15, 0.2) is 30.9 Å². The van der Waals surface area contributed by atoms with E-state index in [4.69, 9.17) is 19.8 Å². The van der Waals surface area contributed by atoms with E-state index < -0.39 is 31.9 Å². The van der Waals surface area contributed by atoms with E-state index >= 15 is 0 Å². The SMILES string of the molecule is CN[C@@H]1COc2c(S(N)(=O)=NC(=O)Nc3c4c(c(F)c5c3CCC5)CCC4)cnn2C1.CN[C@@H]1COc2c(S(N)(=O)=NC(=O)Nc3c4c(c(F)c5c3CCC5)CCC4)cnn2C1. The number of carbonyl (C=O) groups is 2. The molecule has 4 aliphatic carbocycles. The van der Waals surface area contributed by atoms with Gasteiger partial charge in [-0.05, 0) is 136 Å². The summed E-state index contributed by atoms with van der Waals surface area (Å²) in [6, 6.07) is -1.49. The van der Waals surface area contributed by atoms with Gasteiger partial charge in [0, 0.05) is 11.4 Å². The lowest BCUT2D eigenvalue weighted by Gasteiger charge is -2.24. The number of hydrogen-bond donors (Lipinski definition) is 6.